The number of pyridine rings is 6. The number of aromatic nitrogens is 6. The Balaban J connectivity index is 0.000000924. The number of hydrogen-bond acceptors (Lipinski definition) is 13. The van der Waals surface area contributed by atoms with Gasteiger partial charge in [-0.15, -0.1) is 0 Å². The SMILES string of the molecule is CC(C)OC(=O)c1nc(F)c(F)c(F)c1F.O.O=C(Cl)c1cc(Cl)c(Cl)c(Cl)n1.O=C(Cl)c1nc(Cl)c(Cl)c(Cl)c1Cl.O=C(F)c1cc(F)c(F)c(F)n1.O=C(F)c1nc(F)c(F)c(F)c1F.O=C(O)c1cc(F)c(F)c(F)n1. The van der Waals surface area contributed by atoms with E-state index in [1.54, 1.807) is 0 Å². The van der Waals surface area contributed by atoms with Crippen LogP contribution in [0.2, 0.25) is 35.4 Å². The molecule has 6 rings (SSSR count). The van der Waals surface area contributed by atoms with Gasteiger partial charge in [0.1, 0.15) is 27.4 Å². The number of esters is 1. The number of carboxylic acids is 1. The molecule has 0 bridgehead atoms. The molecule has 6 aromatic heterocycles. The zero-order valence-corrected chi connectivity index (χ0v) is 43.6. The zero-order chi connectivity index (χ0) is 60.7. The van der Waals surface area contributed by atoms with Crippen LogP contribution < -0.4 is 0 Å². The molecule has 0 fully saturated rings. The predicted octanol–water partition coefficient (Wildman–Crippen LogP) is 13.4. The number of halogens is 25. The standard InChI is InChI=1S/C9H7F4NO2.C6Cl5NO.C6HCl4NO.C6F5NO.C6HF4NO.C6H2F3NO2.H2O/c1-3(2)16-9(15)7-5(11)4(10)6(12)8(13)14-7;7-1-2(8)4(6(11)13)12-5(10)3(1)9;7-2-1-3(6(10)12)11-5(9)4(2)8;7-1-2(8)4(6(11)13)12-5(10)3(1)9;7-2-1-3(6(10)12)11-5(9)4(2)8;7-2-1-3(6(11)12)10-5(9)4(2)8;/h3H,1-2H3;;1H;;1H;1H,(H,11,12);1H2. The number of carboxylic acid groups (broad SMARTS) is 1. The maximum atomic E-state index is 13.0. The van der Waals surface area contributed by atoms with Gasteiger partial charge in [0, 0.05) is 12.1 Å². The van der Waals surface area contributed by atoms with Crippen molar-refractivity contribution in [3.63, 3.8) is 0 Å². The van der Waals surface area contributed by atoms with Crippen molar-refractivity contribution in [2.24, 2.45) is 0 Å². The summed E-state index contributed by atoms with van der Waals surface area (Å²) in [6.45, 7) is 2.90. The lowest BCUT2D eigenvalue weighted by molar-refractivity contribution is 0.0360. The van der Waals surface area contributed by atoms with E-state index < -0.39 is 145 Å². The Kier molecular flexibility index (Phi) is 29.8. The highest BCUT2D eigenvalue weighted by atomic mass is 35.5. The molecule has 0 spiro atoms. The van der Waals surface area contributed by atoms with Crippen LogP contribution in [0.3, 0.4) is 0 Å². The van der Waals surface area contributed by atoms with E-state index in [0.29, 0.717) is 6.07 Å². The van der Waals surface area contributed by atoms with E-state index >= 15 is 0 Å². The number of rotatable bonds is 7. The molecule has 6 aromatic rings. The second kappa shape index (κ2) is 32.3. The summed E-state index contributed by atoms with van der Waals surface area (Å²) in [5.74, 6) is -30.0. The fraction of sp³-hybridized carbons (Fsp3) is 0.0769. The van der Waals surface area contributed by atoms with Crippen LogP contribution in [0.5, 0.6) is 0 Å². The number of carbonyl (C=O) groups is 6. The number of aromatic carboxylic acids is 1. The Morgan fingerprint density at radius 1 is 0.443 bits per heavy atom. The van der Waals surface area contributed by atoms with Crippen molar-refractivity contribution in [3.05, 3.63) is 170 Å². The van der Waals surface area contributed by atoms with Crippen LogP contribution in [0.1, 0.15) is 76.8 Å². The minimum atomic E-state index is -2.48. The minimum absolute atomic E-state index is 0. The van der Waals surface area contributed by atoms with Crippen LogP contribution in [-0.4, -0.2) is 81.1 Å². The molecule has 0 radical (unpaired) electrons. The zero-order valence-electron chi connectivity index (χ0n) is 36.7. The summed E-state index contributed by atoms with van der Waals surface area (Å²) in [5, 5.41) is 6.62. The van der Waals surface area contributed by atoms with Crippen molar-refractivity contribution < 1.29 is 114 Å². The number of ether oxygens (including phenoxy) is 1. The highest BCUT2D eigenvalue weighted by molar-refractivity contribution is 6.69. The lowest BCUT2D eigenvalue weighted by Gasteiger charge is -2.08. The Bertz CT molecular complexity index is 3040. The molecule has 40 heteroatoms. The number of hydrogen-bond donors (Lipinski definition) is 1. The molecule has 6 heterocycles. The van der Waals surface area contributed by atoms with Gasteiger partial charge in [-0.2, -0.15) is 43.9 Å². The maximum Gasteiger partial charge on any atom is 0.360 e. The first kappa shape index (κ1) is 73.0. The highest BCUT2D eigenvalue weighted by Gasteiger charge is 2.27. The predicted molar refractivity (Wildman–Crippen MR) is 242 cm³/mol. The molecule has 3 N–H and O–H groups in total. The smallest absolute Gasteiger partial charge is 0.360 e. The summed E-state index contributed by atoms with van der Waals surface area (Å²) >= 11 is 49.4. The molecule has 0 atom stereocenters. The highest BCUT2D eigenvalue weighted by Crippen LogP contribution is 2.36. The van der Waals surface area contributed by atoms with Gasteiger partial charge in [0.15, 0.2) is 40.4 Å². The molecule has 0 amide bonds. The van der Waals surface area contributed by atoms with E-state index in [-0.39, 0.29) is 58.3 Å². The van der Waals surface area contributed by atoms with Gasteiger partial charge in [-0.3, -0.25) is 19.2 Å². The van der Waals surface area contributed by atoms with Crippen LogP contribution in [0.25, 0.3) is 0 Å². The minimum Gasteiger partial charge on any atom is -0.477 e. The third-order valence-electron chi connectivity index (χ3n) is 7.10. The van der Waals surface area contributed by atoms with Crippen molar-refractivity contribution in [2.45, 2.75) is 20.0 Å². The first-order valence-corrected chi connectivity index (χ1v) is 21.6. The quantitative estimate of drug-likeness (QED) is 0.0677. The third-order valence-corrected chi connectivity index (χ3v) is 10.3. The molecular formula is C39H13Cl9F16N6O9. The fourth-order valence-corrected chi connectivity index (χ4v) is 5.47. The van der Waals surface area contributed by atoms with E-state index in [4.69, 9.17) is 110 Å². The lowest BCUT2D eigenvalue weighted by atomic mass is 10.3. The molecule has 0 saturated carbocycles. The first-order chi connectivity index (χ1) is 35.8. The monoisotopic (exact) mass is 1330 g/mol. The molecule has 0 aromatic carbocycles. The van der Waals surface area contributed by atoms with Gasteiger partial charge in [-0.05, 0) is 43.1 Å². The average Bonchev–Trinajstić information content (AvgIpc) is 3.35. The van der Waals surface area contributed by atoms with Crippen molar-refractivity contribution in [2.75, 3.05) is 0 Å². The Labute approximate surface area is 470 Å². The molecule has 0 unspecified atom stereocenters. The first-order valence-electron chi connectivity index (χ1n) is 18.2. The van der Waals surface area contributed by atoms with Crippen molar-refractivity contribution in [1.82, 2.24) is 29.9 Å². The Hall–Kier alpha value is -6.03. The third kappa shape index (κ3) is 20.9. The van der Waals surface area contributed by atoms with Crippen molar-refractivity contribution >= 4 is 139 Å². The summed E-state index contributed by atoms with van der Waals surface area (Å²) in [4.78, 5) is 79.5. The molecule has 15 nitrogen and oxygen atoms in total. The van der Waals surface area contributed by atoms with E-state index in [0.717, 1.165) is 0 Å². The summed E-state index contributed by atoms with van der Waals surface area (Å²) in [7, 11) is 0. The molecule has 79 heavy (non-hydrogen) atoms. The second-order valence-corrected chi connectivity index (χ2v) is 16.0. The largest absolute Gasteiger partial charge is 0.477 e. The summed E-state index contributed by atoms with van der Waals surface area (Å²) in [5.41, 5.74) is -5.11. The van der Waals surface area contributed by atoms with Gasteiger partial charge in [-0.25, -0.2) is 65.8 Å². The molecule has 0 aliphatic carbocycles. The van der Waals surface area contributed by atoms with Gasteiger partial charge in [-0.1, -0.05) is 81.2 Å². The van der Waals surface area contributed by atoms with Crippen molar-refractivity contribution in [3.8, 4) is 0 Å². The summed E-state index contributed by atoms with van der Waals surface area (Å²) in [6.07, 6.45) is -0.620. The van der Waals surface area contributed by atoms with E-state index in [2.05, 4.69) is 34.6 Å². The Morgan fingerprint density at radius 3 is 1.23 bits per heavy atom. The van der Waals surface area contributed by atoms with Crippen LogP contribution in [0, 0.1) is 82.0 Å². The van der Waals surface area contributed by atoms with E-state index in [1.807, 2.05) is 0 Å². The topological polar surface area (TPSA) is 241 Å². The summed E-state index contributed by atoms with van der Waals surface area (Å²) in [6, 6.07) is -2.85. The molecule has 0 aliphatic heterocycles. The summed E-state index contributed by atoms with van der Waals surface area (Å²) < 4.78 is 201. The average molecular weight is 1330 g/mol. The molecular weight excluding hydrogens is 1320 g/mol. The second-order valence-electron chi connectivity index (χ2n) is 12.7. The number of nitrogens with zero attached hydrogens (tertiary/aromatic N) is 6. The van der Waals surface area contributed by atoms with Gasteiger partial charge in [0.25, 0.3) is 34.3 Å². The van der Waals surface area contributed by atoms with Crippen LogP contribution in [0.15, 0.2) is 18.2 Å². The van der Waals surface area contributed by atoms with E-state index in [9.17, 15) is 99.0 Å². The van der Waals surface area contributed by atoms with Crippen LogP contribution in [0.4, 0.5) is 70.2 Å². The van der Waals surface area contributed by atoms with Crippen LogP contribution >= 0.6 is 104 Å². The van der Waals surface area contributed by atoms with Gasteiger partial charge >= 0.3 is 24.0 Å². The lowest BCUT2D eigenvalue weighted by Crippen LogP contribution is -2.17. The van der Waals surface area contributed by atoms with E-state index in [1.165, 1.54) is 19.9 Å². The van der Waals surface area contributed by atoms with Gasteiger partial charge < -0.3 is 15.3 Å². The Morgan fingerprint density at radius 2 is 0.848 bits per heavy atom. The maximum absolute atomic E-state index is 13.0. The number of carbonyl (C=O) groups excluding carboxylic acids is 5. The molecule has 428 valence electrons. The van der Waals surface area contributed by atoms with Crippen molar-refractivity contribution in [1.29, 1.82) is 0 Å². The van der Waals surface area contributed by atoms with Crippen LogP contribution in [-0.2, 0) is 4.74 Å². The normalized spacial score (nSPS) is 10.1. The fourth-order valence-electron chi connectivity index (χ4n) is 3.85. The molecule has 0 saturated heterocycles. The van der Waals surface area contributed by atoms with Gasteiger partial charge in [0.2, 0.25) is 34.9 Å². The van der Waals surface area contributed by atoms with Gasteiger partial charge in [0.05, 0.1) is 31.2 Å². The molecule has 0 aliphatic rings.